The third kappa shape index (κ3) is 3.95. The molecule has 1 aliphatic rings. The van der Waals surface area contributed by atoms with Crippen LogP contribution in [0.3, 0.4) is 0 Å². The molecule has 1 saturated carbocycles. The Hall–Kier alpha value is -2.47. The first-order chi connectivity index (χ1) is 13.0. The van der Waals surface area contributed by atoms with Gasteiger partial charge in [-0.1, -0.05) is 36.8 Å². The van der Waals surface area contributed by atoms with Gasteiger partial charge < -0.3 is 4.90 Å². The van der Waals surface area contributed by atoms with E-state index in [1.54, 1.807) is 24.5 Å². The van der Waals surface area contributed by atoms with E-state index in [4.69, 9.17) is 0 Å². The summed E-state index contributed by atoms with van der Waals surface area (Å²) in [5.41, 5.74) is 1.97. The van der Waals surface area contributed by atoms with Crippen LogP contribution in [-0.4, -0.2) is 31.2 Å². The molecule has 0 unspecified atom stereocenters. The van der Waals surface area contributed by atoms with E-state index in [0.717, 1.165) is 29.8 Å². The summed E-state index contributed by atoms with van der Waals surface area (Å²) in [6.07, 6.45) is 6.56. The highest BCUT2D eigenvalue weighted by Gasteiger charge is 2.23. The second-order valence-electron chi connectivity index (χ2n) is 7.31. The number of fused-ring (bicyclic) bond motifs is 1. The molecule has 3 aromatic rings. The highest BCUT2D eigenvalue weighted by molar-refractivity contribution is 7.90. The first kappa shape index (κ1) is 17.9. The molecule has 0 atom stereocenters. The summed E-state index contributed by atoms with van der Waals surface area (Å²) in [6, 6.07) is 15.4. The summed E-state index contributed by atoms with van der Waals surface area (Å²) >= 11 is 0. The van der Waals surface area contributed by atoms with Crippen LogP contribution < -0.4 is 4.90 Å². The summed E-state index contributed by atoms with van der Waals surface area (Å²) in [5.74, 6) is 1.47. The minimum Gasteiger partial charge on any atom is -0.351 e. The molecule has 0 radical (unpaired) electrons. The molecule has 4 rings (SSSR count). The van der Waals surface area contributed by atoms with Crippen LogP contribution in [-0.2, 0) is 16.4 Å². The highest BCUT2D eigenvalue weighted by atomic mass is 32.2. The molecule has 0 amide bonds. The Balaban J connectivity index is 1.78. The fourth-order valence-electron chi connectivity index (χ4n) is 3.52. The van der Waals surface area contributed by atoms with Crippen LogP contribution in [0.1, 0.15) is 24.8 Å². The molecule has 0 N–H and O–H groups in total. The number of hydrogen-bond acceptors (Lipinski definition) is 5. The van der Waals surface area contributed by atoms with Gasteiger partial charge in [0.25, 0.3) is 0 Å². The van der Waals surface area contributed by atoms with Crippen molar-refractivity contribution < 1.29 is 8.42 Å². The predicted molar refractivity (Wildman–Crippen MR) is 107 cm³/mol. The van der Waals surface area contributed by atoms with Gasteiger partial charge in [-0.15, -0.1) is 0 Å². The van der Waals surface area contributed by atoms with Gasteiger partial charge in [-0.3, -0.25) is 0 Å². The second kappa shape index (κ2) is 7.27. The molecule has 6 heteroatoms. The number of aromatic nitrogens is 2. The fraction of sp³-hybridized carbons (Fsp3) is 0.333. The summed E-state index contributed by atoms with van der Waals surface area (Å²) in [4.78, 5) is 11.5. The van der Waals surface area contributed by atoms with Crippen LogP contribution in [0.15, 0.2) is 59.8 Å². The smallest absolute Gasteiger partial charge is 0.175 e. The third-order valence-corrected chi connectivity index (χ3v) is 6.34. The first-order valence-electron chi connectivity index (χ1n) is 9.24. The normalized spacial score (nSPS) is 14.9. The van der Waals surface area contributed by atoms with Crippen LogP contribution in [0.2, 0.25) is 0 Å². The molecule has 27 heavy (non-hydrogen) atoms. The lowest BCUT2D eigenvalue weighted by atomic mass is 9.85. The van der Waals surface area contributed by atoms with Crippen molar-refractivity contribution in [1.29, 1.82) is 0 Å². The minimum absolute atomic E-state index is 0.300. The van der Waals surface area contributed by atoms with Crippen LogP contribution >= 0.6 is 0 Å². The Labute approximate surface area is 160 Å². The van der Waals surface area contributed by atoms with Gasteiger partial charge >= 0.3 is 0 Å². The van der Waals surface area contributed by atoms with Crippen LogP contribution in [0, 0.1) is 5.92 Å². The summed E-state index contributed by atoms with van der Waals surface area (Å²) in [7, 11) is -3.29. The first-order valence-corrected chi connectivity index (χ1v) is 11.1. The molecule has 1 aromatic heterocycles. The van der Waals surface area contributed by atoms with E-state index in [0.29, 0.717) is 10.8 Å². The van der Waals surface area contributed by atoms with Crippen molar-refractivity contribution in [2.24, 2.45) is 5.92 Å². The lowest BCUT2D eigenvalue weighted by Crippen LogP contribution is -2.33. The number of rotatable bonds is 6. The fourth-order valence-corrected chi connectivity index (χ4v) is 4.17. The zero-order valence-corrected chi connectivity index (χ0v) is 16.2. The quantitative estimate of drug-likeness (QED) is 0.649. The number of hydrogen-bond donors (Lipinski definition) is 0. The SMILES string of the molecule is CS(=O)(=O)c1ccc2ncnc(N(Cc3ccccc3)CC3CCC3)c2c1. The number of anilines is 1. The average Bonchev–Trinajstić information content (AvgIpc) is 2.63. The van der Waals surface area contributed by atoms with Crippen LogP contribution in [0.4, 0.5) is 5.82 Å². The molecular formula is C21H23N3O2S. The van der Waals surface area contributed by atoms with Gasteiger partial charge in [0.05, 0.1) is 10.4 Å². The van der Waals surface area contributed by atoms with E-state index in [1.165, 1.54) is 31.1 Å². The van der Waals surface area contributed by atoms with E-state index >= 15 is 0 Å². The van der Waals surface area contributed by atoms with Gasteiger partial charge in [-0.2, -0.15) is 0 Å². The van der Waals surface area contributed by atoms with Gasteiger partial charge in [0, 0.05) is 24.7 Å². The maximum Gasteiger partial charge on any atom is 0.175 e. The highest BCUT2D eigenvalue weighted by Crippen LogP contribution is 2.32. The largest absolute Gasteiger partial charge is 0.351 e. The van der Waals surface area contributed by atoms with Crippen LogP contribution in [0.5, 0.6) is 0 Å². The number of nitrogens with zero attached hydrogens (tertiary/aromatic N) is 3. The summed E-state index contributed by atoms with van der Waals surface area (Å²) in [5, 5.41) is 0.788. The Morgan fingerprint density at radius 1 is 1.07 bits per heavy atom. The van der Waals surface area contributed by atoms with E-state index in [9.17, 15) is 8.42 Å². The van der Waals surface area contributed by atoms with Crippen molar-refractivity contribution in [1.82, 2.24) is 9.97 Å². The molecule has 140 valence electrons. The predicted octanol–water partition coefficient (Wildman–Crippen LogP) is 3.84. The number of benzene rings is 2. The molecule has 0 spiro atoms. The molecule has 1 aliphatic carbocycles. The van der Waals surface area contributed by atoms with Crippen molar-refractivity contribution in [3.63, 3.8) is 0 Å². The van der Waals surface area contributed by atoms with Gasteiger partial charge in [0.1, 0.15) is 12.1 Å². The average molecular weight is 382 g/mol. The Bertz CT molecular complexity index is 1050. The zero-order valence-electron chi connectivity index (χ0n) is 15.4. The van der Waals surface area contributed by atoms with Gasteiger partial charge in [-0.25, -0.2) is 18.4 Å². The van der Waals surface area contributed by atoms with E-state index in [1.807, 2.05) is 18.2 Å². The lowest BCUT2D eigenvalue weighted by molar-refractivity contribution is 0.316. The summed E-state index contributed by atoms with van der Waals surface area (Å²) < 4.78 is 24.1. The van der Waals surface area contributed by atoms with Crippen molar-refractivity contribution >= 4 is 26.6 Å². The minimum atomic E-state index is -3.29. The third-order valence-electron chi connectivity index (χ3n) is 5.23. The topological polar surface area (TPSA) is 63.2 Å². The second-order valence-corrected chi connectivity index (χ2v) is 9.33. The van der Waals surface area contributed by atoms with Crippen molar-refractivity contribution in [3.05, 3.63) is 60.4 Å². The van der Waals surface area contributed by atoms with Crippen molar-refractivity contribution in [2.75, 3.05) is 17.7 Å². The van der Waals surface area contributed by atoms with Gasteiger partial charge in [0.15, 0.2) is 9.84 Å². The monoisotopic (exact) mass is 381 g/mol. The van der Waals surface area contributed by atoms with Gasteiger partial charge in [0.2, 0.25) is 0 Å². The zero-order chi connectivity index (χ0) is 18.9. The number of sulfone groups is 1. The molecule has 2 aromatic carbocycles. The van der Waals surface area contributed by atoms with Crippen LogP contribution in [0.25, 0.3) is 10.9 Å². The van der Waals surface area contributed by atoms with E-state index < -0.39 is 9.84 Å². The molecule has 0 aliphatic heterocycles. The molecule has 5 nitrogen and oxygen atoms in total. The maximum absolute atomic E-state index is 12.0. The maximum atomic E-state index is 12.0. The van der Waals surface area contributed by atoms with Crippen molar-refractivity contribution in [2.45, 2.75) is 30.7 Å². The van der Waals surface area contributed by atoms with E-state index in [2.05, 4.69) is 27.0 Å². The lowest BCUT2D eigenvalue weighted by Gasteiger charge is -2.33. The Morgan fingerprint density at radius 2 is 1.85 bits per heavy atom. The summed E-state index contributed by atoms with van der Waals surface area (Å²) in [6.45, 7) is 1.66. The molecule has 1 fully saturated rings. The molecular weight excluding hydrogens is 358 g/mol. The standard InChI is InChI=1S/C21H23N3O2S/c1-27(25,26)18-10-11-20-19(12-18)21(23-15-22-20)24(14-17-8-5-9-17)13-16-6-3-2-4-7-16/h2-4,6-7,10-12,15,17H,5,8-9,13-14H2,1H3. The Morgan fingerprint density at radius 3 is 2.52 bits per heavy atom. The van der Waals surface area contributed by atoms with Gasteiger partial charge in [-0.05, 0) is 42.5 Å². The molecule has 1 heterocycles. The van der Waals surface area contributed by atoms with E-state index in [-0.39, 0.29) is 0 Å². The van der Waals surface area contributed by atoms with Crippen molar-refractivity contribution in [3.8, 4) is 0 Å². The molecule has 0 bridgehead atoms. The Kier molecular flexibility index (Phi) is 4.83. The molecule has 0 saturated heterocycles.